The van der Waals surface area contributed by atoms with E-state index in [1.165, 1.54) is 25.0 Å². The molecule has 1 fully saturated rings. The van der Waals surface area contributed by atoms with Crippen molar-refractivity contribution < 1.29 is 4.74 Å². The zero-order valence-corrected chi connectivity index (χ0v) is 13.6. The van der Waals surface area contributed by atoms with Crippen molar-refractivity contribution in [3.8, 4) is 11.9 Å². The van der Waals surface area contributed by atoms with Gasteiger partial charge in [-0.2, -0.15) is 5.26 Å². The molecule has 124 valence electrons. The van der Waals surface area contributed by atoms with E-state index in [0.717, 1.165) is 19.6 Å². The van der Waals surface area contributed by atoms with Gasteiger partial charge in [0.15, 0.2) is 0 Å². The summed E-state index contributed by atoms with van der Waals surface area (Å²) in [5.41, 5.74) is 1.84. The Morgan fingerprint density at radius 1 is 1.25 bits per heavy atom. The summed E-state index contributed by atoms with van der Waals surface area (Å²) < 4.78 is 8.14. The largest absolute Gasteiger partial charge is 0.477 e. The minimum Gasteiger partial charge on any atom is -0.477 e. The van der Waals surface area contributed by atoms with Gasteiger partial charge in [0.1, 0.15) is 6.07 Å². The molecule has 1 saturated carbocycles. The van der Waals surface area contributed by atoms with Crippen molar-refractivity contribution in [2.75, 3.05) is 13.2 Å². The second kappa shape index (κ2) is 6.62. The van der Waals surface area contributed by atoms with Gasteiger partial charge in [-0.25, -0.2) is 9.97 Å². The van der Waals surface area contributed by atoms with Crippen molar-refractivity contribution in [1.29, 1.82) is 5.26 Å². The van der Waals surface area contributed by atoms with Crippen molar-refractivity contribution >= 4 is 0 Å². The van der Waals surface area contributed by atoms with Crippen molar-refractivity contribution in [3.63, 3.8) is 0 Å². The van der Waals surface area contributed by atoms with Crippen LogP contribution in [0.5, 0.6) is 5.88 Å². The van der Waals surface area contributed by atoms with Crippen LogP contribution in [0.25, 0.3) is 0 Å². The summed E-state index contributed by atoms with van der Waals surface area (Å²) in [7, 11) is 0. The van der Waals surface area contributed by atoms with Gasteiger partial charge in [0.25, 0.3) is 0 Å². The van der Waals surface area contributed by atoms with Crippen LogP contribution in [0.4, 0.5) is 0 Å². The fourth-order valence-corrected chi connectivity index (χ4v) is 3.45. The average Bonchev–Trinajstić information content (AvgIpc) is 2.91. The predicted molar refractivity (Wildman–Crippen MR) is 88.2 cm³/mol. The summed E-state index contributed by atoms with van der Waals surface area (Å²) >= 11 is 0. The summed E-state index contributed by atoms with van der Waals surface area (Å²) in [6.07, 6.45) is 9.41. The minimum atomic E-state index is 0.401. The molecule has 0 aromatic carbocycles. The molecule has 6 heteroatoms. The highest BCUT2D eigenvalue weighted by Crippen LogP contribution is 2.29. The van der Waals surface area contributed by atoms with Crippen LogP contribution in [-0.2, 0) is 13.1 Å². The summed E-state index contributed by atoms with van der Waals surface area (Å²) in [4.78, 5) is 11.1. The second-order valence-corrected chi connectivity index (χ2v) is 6.73. The number of imidazole rings is 1. The lowest BCUT2D eigenvalue weighted by Gasteiger charge is -2.37. The molecule has 0 bridgehead atoms. The van der Waals surface area contributed by atoms with Gasteiger partial charge in [-0.1, -0.05) is 6.42 Å². The smallest absolute Gasteiger partial charge is 0.213 e. The Balaban J connectivity index is 1.44. The number of hydrogen-bond acceptors (Lipinski definition) is 5. The Morgan fingerprint density at radius 3 is 2.88 bits per heavy atom. The van der Waals surface area contributed by atoms with Gasteiger partial charge in [0.05, 0.1) is 24.2 Å². The molecule has 0 radical (unpaired) electrons. The van der Waals surface area contributed by atoms with Gasteiger partial charge < -0.3 is 9.30 Å². The first-order valence-corrected chi connectivity index (χ1v) is 8.54. The number of rotatable bonds is 4. The van der Waals surface area contributed by atoms with Gasteiger partial charge in [0.2, 0.25) is 5.88 Å². The third-order valence-corrected chi connectivity index (χ3v) is 5.03. The summed E-state index contributed by atoms with van der Waals surface area (Å²) in [6, 6.07) is 6.29. The number of aromatic nitrogens is 3. The molecule has 6 nitrogen and oxygen atoms in total. The lowest BCUT2D eigenvalue weighted by Crippen LogP contribution is -2.42. The van der Waals surface area contributed by atoms with Crippen LogP contribution in [0, 0.1) is 17.2 Å². The molecular formula is C18H21N5O. The zero-order valence-electron chi connectivity index (χ0n) is 13.6. The number of pyridine rings is 1. The van der Waals surface area contributed by atoms with Crippen LogP contribution >= 0.6 is 0 Å². The maximum atomic E-state index is 8.83. The van der Waals surface area contributed by atoms with Gasteiger partial charge in [-0.05, 0) is 18.9 Å². The fourth-order valence-electron chi connectivity index (χ4n) is 3.45. The SMILES string of the molecule is N#Cc1ccc(OC[C@H]2CN(C3CCC3)Cc3cncn3C2)nc1. The van der Waals surface area contributed by atoms with Gasteiger partial charge in [-0.3, -0.25) is 4.90 Å². The molecule has 0 unspecified atom stereocenters. The van der Waals surface area contributed by atoms with Crippen LogP contribution in [0.15, 0.2) is 30.9 Å². The predicted octanol–water partition coefficient (Wildman–Crippen LogP) is 2.21. The Labute approximate surface area is 141 Å². The third kappa shape index (κ3) is 3.13. The molecule has 2 aromatic rings. The third-order valence-electron chi connectivity index (χ3n) is 5.03. The van der Waals surface area contributed by atoms with Gasteiger partial charge >= 0.3 is 0 Å². The molecule has 24 heavy (non-hydrogen) atoms. The maximum absolute atomic E-state index is 8.83. The molecule has 4 rings (SSSR count). The van der Waals surface area contributed by atoms with E-state index in [-0.39, 0.29) is 0 Å². The quantitative estimate of drug-likeness (QED) is 0.863. The fraction of sp³-hybridized carbons (Fsp3) is 0.500. The molecule has 0 saturated heterocycles. The second-order valence-electron chi connectivity index (χ2n) is 6.73. The number of nitrogens with zero attached hydrogens (tertiary/aromatic N) is 5. The topological polar surface area (TPSA) is 67.0 Å². The van der Waals surface area contributed by atoms with E-state index >= 15 is 0 Å². The molecule has 1 aliphatic heterocycles. The van der Waals surface area contributed by atoms with Crippen molar-refractivity contribution in [3.05, 3.63) is 42.1 Å². The first-order chi connectivity index (χ1) is 11.8. The first kappa shape index (κ1) is 15.2. The van der Waals surface area contributed by atoms with Crippen molar-refractivity contribution in [2.24, 2.45) is 5.92 Å². The highest BCUT2D eigenvalue weighted by atomic mass is 16.5. The Hall–Kier alpha value is -2.39. The number of ether oxygens (including phenoxy) is 1. The molecule has 0 spiro atoms. The van der Waals surface area contributed by atoms with E-state index in [9.17, 15) is 0 Å². The monoisotopic (exact) mass is 323 g/mol. The van der Waals surface area contributed by atoms with E-state index in [1.807, 2.05) is 12.5 Å². The molecule has 2 aliphatic rings. The number of nitriles is 1. The summed E-state index contributed by atoms with van der Waals surface area (Å²) in [5, 5.41) is 8.83. The van der Waals surface area contributed by atoms with Crippen LogP contribution in [0.1, 0.15) is 30.5 Å². The maximum Gasteiger partial charge on any atom is 0.213 e. The van der Waals surface area contributed by atoms with E-state index in [2.05, 4.69) is 25.5 Å². The van der Waals surface area contributed by atoms with Crippen LogP contribution in [-0.4, -0.2) is 38.6 Å². The van der Waals surface area contributed by atoms with Gasteiger partial charge in [-0.15, -0.1) is 0 Å². The Kier molecular flexibility index (Phi) is 4.18. The normalized spacial score (nSPS) is 21.4. The summed E-state index contributed by atoms with van der Waals surface area (Å²) in [5.74, 6) is 0.984. The Morgan fingerprint density at radius 2 is 2.17 bits per heavy atom. The summed E-state index contributed by atoms with van der Waals surface area (Å²) in [6.45, 7) is 3.58. The van der Waals surface area contributed by atoms with E-state index in [4.69, 9.17) is 10.00 Å². The number of hydrogen-bond donors (Lipinski definition) is 0. The lowest BCUT2D eigenvalue weighted by atomic mass is 9.90. The Bertz CT molecular complexity index is 729. The van der Waals surface area contributed by atoms with Crippen molar-refractivity contribution in [2.45, 2.75) is 38.4 Å². The number of fused-ring (bicyclic) bond motifs is 1. The van der Waals surface area contributed by atoms with E-state index < -0.39 is 0 Å². The minimum absolute atomic E-state index is 0.401. The van der Waals surface area contributed by atoms with E-state index in [1.54, 1.807) is 18.3 Å². The van der Waals surface area contributed by atoms with E-state index in [0.29, 0.717) is 30.0 Å². The molecule has 1 aliphatic carbocycles. The highest BCUT2D eigenvalue weighted by Gasteiger charge is 2.30. The molecule has 3 heterocycles. The van der Waals surface area contributed by atoms with Gasteiger partial charge in [0, 0.05) is 50.1 Å². The lowest BCUT2D eigenvalue weighted by molar-refractivity contribution is 0.0889. The molecular weight excluding hydrogens is 302 g/mol. The average molecular weight is 323 g/mol. The zero-order chi connectivity index (χ0) is 16.4. The van der Waals surface area contributed by atoms with Crippen molar-refractivity contribution in [1.82, 2.24) is 19.4 Å². The highest BCUT2D eigenvalue weighted by molar-refractivity contribution is 5.28. The van der Waals surface area contributed by atoms with Crippen LogP contribution < -0.4 is 4.74 Å². The standard InChI is InChI=1S/C18H21N5O/c19-6-14-4-5-18(21-7-14)24-12-15-9-22(16-2-1-3-16)11-17-8-20-13-23(17)10-15/h4-5,7-8,13,15-16H,1-3,9-12H2/t15-/m0/s1. The molecule has 0 N–H and O–H groups in total. The molecule has 1 atom stereocenters. The molecule has 0 amide bonds. The van der Waals surface area contributed by atoms with Crippen LogP contribution in [0.3, 0.4) is 0 Å². The van der Waals surface area contributed by atoms with Crippen LogP contribution in [0.2, 0.25) is 0 Å². The molecule has 2 aromatic heterocycles. The first-order valence-electron chi connectivity index (χ1n) is 8.54.